The van der Waals surface area contributed by atoms with Gasteiger partial charge in [0.2, 0.25) is 11.8 Å². The first kappa shape index (κ1) is 19.3. The van der Waals surface area contributed by atoms with Crippen molar-refractivity contribution in [3.63, 3.8) is 0 Å². The average molecular weight is 393 g/mol. The molecule has 0 aromatic heterocycles. The minimum Gasteiger partial charge on any atom is -0.324 e. The maximum atomic E-state index is 14.2. The van der Waals surface area contributed by atoms with E-state index in [9.17, 15) is 18.4 Å². The van der Waals surface area contributed by atoms with E-state index in [4.69, 9.17) is 11.6 Å². The maximum absolute atomic E-state index is 14.2. The van der Waals surface area contributed by atoms with Crippen molar-refractivity contribution in [2.75, 3.05) is 10.6 Å². The number of hydrogen-bond acceptors (Lipinski definition) is 2. The molecule has 1 fully saturated rings. The van der Waals surface area contributed by atoms with Gasteiger partial charge in [0, 0.05) is 18.0 Å². The Kier molecular flexibility index (Phi) is 5.46. The normalized spacial score (nSPS) is 15.4. The maximum Gasteiger partial charge on any atom is 0.235 e. The van der Waals surface area contributed by atoms with Crippen LogP contribution in [0.2, 0.25) is 5.02 Å². The van der Waals surface area contributed by atoms with Crippen LogP contribution < -0.4 is 10.6 Å². The number of hydrogen-bond donors (Lipinski definition) is 2. The molecular weight excluding hydrogens is 374 g/mol. The third-order valence-corrected chi connectivity index (χ3v) is 5.12. The summed E-state index contributed by atoms with van der Waals surface area (Å²) in [6, 6.07) is 8.81. The molecule has 4 nitrogen and oxygen atoms in total. The molecule has 0 heterocycles. The average Bonchev–Trinajstić information content (AvgIpc) is 3.10. The summed E-state index contributed by atoms with van der Waals surface area (Å²) < 4.78 is 28.0. The van der Waals surface area contributed by atoms with Gasteiger partial charge in [0.15, 0.2) is 0 Å². The zero-order valence-electron chi connectivity index (χ0n) is 14.7. The summed E-state index contributed by atoms with van der Waals surface area (Å²) in [7, 11) is 0. The predicted molar refractivity (Wildman–Crippen MR) is 101 cm³/mol. The third kappa shape index (κ3) is 3.95. The van der Waals surface area contributed by atoms with E-state index in [1.165, 1.54) is 6.92 Å². The van der Waals surface area contributed by atoms with E-state index in [1.54, 1.807) is 18.2 Å². The number of halogens is 3. The fourth-order valence-electron chi connectivity index (χ4n) is 3.58. The summed E-state index contributed by atoms with van der Waals surface area (Å²) in [5, 5.41) is 5.38. The number of anilines is 2. The van der Waals surface area contributed by atoms with Crippen LogP contribution in [0.5, 0.6) is 0 Å². The van der Waals surface area contributed by atoms with Crippen LogP contribution in [-0.4, -0.2) is 11.8 Å². The van der Waals surface area contributed by atoms with Gasteiger partial charge in [0.05, 0.1) is 16.8 Å². The van der Waals surface area contributed by atoms with Crippen molar-refractivity contribution < 1.29 is 18.4 Å². The Hall–Kier alpha value is -2.47. The number of amides is 2. The highest BCUT2D eigenvalue weighted by atomic mass is 35.5. The summed E-state index contributed by atoms with van der Waals surface area (Å²) in [6.45, 7) is 1.22. The minimum atomic E-state index is -0.911. The largest absolute Gasteiger partial charge is 0.324 e. The molecule has 1 aliphatic rings. The molecule has 0 spiro atoms. The Labute approximate surface area is 160 Å². The fraction of sp³-hybridized carbons (Fsp3) is 0.300. The summed E-state index contributed by atoms with van der Waals surface area (Å²) in [5.74, 6) is -2.69. The Morgan fingerprint density at radius 2 is 1.63 bits per heavy atom. The molecule has 0 radical (unpaired) electrons. The summed E-state index contributed by atoms with van der Waals surface area (Å²) in [5.41, 5.74) is -0.421. The van der Waals surface area contributed by atoms with Crippen molar-refractivity contribution in [2.45, 2.75) is 38.0 Å². The van der Waals surface area contributed by atoms with Gasteiger partial charge in [-0.15, -0.1) is 0 Å². The lowest BCUT2D eigenvalue weighted by atomic mass is 9.78. The summed E-state index contributed by atoms with van der Waals surface area (Å²) in [6.07, 6.45) is 2.95. The van der Waals surface area contributed by atoms with Gasteiger partial charge in [-0.25, -0.2) is 8.78 Å². The van der Waals surface area contributed by atoms with Crippen LogP contribution in [0.1, 0.15) is 38.2 Å². The van der Waals surface area contributed by atoms with E-state index in [0.29, 0.717) is 23.9 Å². The van der Waals surface area contributed by atoms with Gasteiger partial charge in [-0.1, -0.05) is 36.6 Å². The van der Waals surface area contributed by atoms with Crippen LogP contribution in [0.4, 0.5) is 20.2 Å². The highest BCUT2D eigenvalue weighted by Crippen LogP contribution is 2.43. The molecule has 2 amide bonds. The Morgan fingerprint density at radius 1 is 1.00 bits per heavy atom. The number of benzene rings is 2. The highest BCUT2D eigenvalue weighted by Gasteiger charge is 2.43. The molecule has 7 heteroatoms. The Bertz CT molecular complexity index is 896. The SMILES string of the molecule is CC(=O)Nc1cc(NC(=O)C2(c3cccc(Cl)c3)CCCC2)c(F)cc1F. The van der Waals surface area contributed by atoms with Gasteiger partial charge in [-0.3, -0.25) is 9.59 Å². The van der Waals surface area contributed by atoms with Crippen LogP contribution in [-0.2, 0) is 15.0 Å². The van der Waals surface area contributed by atoms with Crippen molar-refractivity contribution in [1.82, 2.24) is 0 Å². The van der Waals surface area contributed by atoms with Crippen molar-refractivity contribution in [3.8, 4) is 0 Å². The van der Waals surface area contributed by atoms with Gasteiger partial charge >= 0.3 is 0 Å². The molecule has 27 heavy (non-hydrogen) atoms. The van der Waals surface area contributed by atoms with Crippen molar-refractivity contribution in [1.29, 1.82) is 0 Å². The second kappa shape index (κ2) is 7.64. The van der Waals surface area contributed by atoms with Gasteiger partial charge in [-0.2, -0.15) is 0 Å². The summed E-state index contributed by atoms with van der Waals surface area (Å²) >= 11 is 6.09. The van der Waals surface area contributed by atoms with Crippen LogP contribution in [0.15, 0.2) is 36.4 Å². The van der Waals surface area contributed by atoms with Crippen molar-refractivity contribution in [3.05, 3.63) is 58.6 Å². The first-order chi connectivity index (χ1) is 12.8. The molecule has 142 valence electrons. The van der Waals surface area contributed by atoms with Crippen molar-refractivity contribution >= 4 is 34.8 Å². The molecule has 0 bridgehead atoms. The van der Waals surface area contributed by atoms with Crippen LogP contribution >= 0.6 is 11.6 Å². The zero-order chi connectivity index (χ0) is 19.6. The highest BCUT2D eigenvalue weighted by molar-refractivity contribution is 6.30. The molecule has 2 aromatic carbocycles. The molecule has 0 saturated heterocycles. The molecule has 0 aliphatic heterocycles. The number of carbonyl (C=O) groups is 2. The third-order valence-electron chi connectivity index (χ3n) is 4.88. The zero-order valence-corrected chi connectivity index (χ0v) is 15.5. The number of nitrogens with one attached hydrogen (secondary N) is 2. The smallest absolute Gasteiger partial charge is 0.235 e. The molecule has 0 atom stereocenters. The minimum absolute atomic E-state index is 0.182. The molecule has 1 aliphatic carbocycles. The Balaban J connectivity index is 1.94. The molecule has 3 rings (SSSR count). The second-order valence-electron chi connectivity index (χ2n) is 6.75. The number of rotatable bonds is 4. The molecule has 2 N–H and O–H groups in total. The predicted octanol–water partition coefficient (Wildman–Crippen LogP) is 5.03. The number of carbonyl (C=O) groups excluding carboxylic acids is 2. The van der Waals surface area contributed by atoms with Gasteiger partial charge in [-0.05, 0) is 36.6 Å². The topological polar surface area (TPSA) is 58.2 Å². The second-order valence-corrected chi connectivity index (χ2v) is 7.18. The Morgan fingerprint density at radius 3 is 2.22 bits per heavy atom. The molecule has 1 saturated carbocycles. The van der Waals surface area contributed by atoms with E-state index in [0.717, 1.165) is 24.5 Å². The summed E-state index contributed by atoms with van der Waals surface area (Å²) in [4.78, 5) is 24.3. The standard InChI is InChI=1S/C20H19ClF2N2O2/c1-12(26)24-17-11-18(16(23)10-15(17)22)25-19(27)20(7-2-3-8-20)13-5-4-6-14(21)9-13/h4-6,9-11H,2-3,7-8H2,1H3,(H,24,26)(H,25,27). The van der Waals surface area contributed by atoms with Gasteiger partial charge in [0.25, 0.3) is 0 Å². The van der Waals surface area contributed by atoms with Crippen molar-refractivity contribution in [2.24, 2.45) is 0 Å². The molecule has 2 aromatic rings. The van der Waals surface area contributed by atoms with Gasteiger partial charge in [0.1, 0.15) is 11.6 Å². The van der Waals surface area contributed by atoms with Crippen LogP contribution in [0.3, 0.4) is 0 Å². The lowest BCUT2D eigenvalue weighted by Gasteiger charge is -2.28. The first-order valence-corrected chi connectivity index (χ1v) is 9.04. The lowest BCUT2D eigenvalue weighted by molar-refractivity contribution is -0.121. The fourth-order valence-corrected chi connectivity index (χ4v) is 3.77. The monoisotopic (exact) mass is 392 g/mol. The van der Waals surface area contributed by atoms with E-state index in [-0.39, 0.29) is 17.3 Å². The quantitative estimate of drug-likeness (QED) is 0.766. The lowest BCUT2D eigenvalue weighted by Crippen LogP contribution is -2.38. The van der Waals surface area contributed by atoms with Gasteiger partial charge < -0.3 is 10.6 Å². The molecule has 0 unspecified atom stereocenters. The first-order valence-electron chi connectivity index (χ1n) is 8.66. The van der Waals surface area contributed by atoms with E-state index in [1.807, 2.05) is 6.07 Å². The molecular formula is C20H19ClF2N2O2. The van der Waals surface area contributed by atoms with Crippen LogP contribution in [0, 0.1) is 11.6 Å². The van der Waals surface area contributed by atoms with E-state index >= 15 is 0 Å². The van der Waals surface area contributed by atoms with E-state index < -0.39 is 23.0 Å². The van der Waals surface area contributed by atoms with Crippen LogP contribution in [0.25, 0.3) is 0 Å². The van der Waals surface area contributed by atoms with E-state index in [2.05, 4.69) is 10.6 Å².